The topological polar surface area (TPSA) is 88.7 Å². The van der Waals surface area contributed by atoms with Crippen LogP contribution in [0.4, 0.5) is 11.4 Å². The summed E-state index contributed by atoms with van der Waals surface area (Å²) in [6, 6.07) is 12.4. The minimum Gasteiger partial charge on any atom is -0.486 e. The lowest BCUT2D eigenvalue weighted by atomic mass is 9.99. The molecular formula is C21H23N3O4. The highest BCUT2D eigenvalue weighted by Crippen LogP contribution is 2.31. The van der Waals surface area contributed by atoms with E-state index in [2.05, 4.69) is 16.0 Å². The zero-order valence-corrected chi connectivity index (χ0v) is 15.8. The molecule has 2 aliphatic rings. The zero-order valence-electron chi connectivity index (χ0n) is 15.8. The van der Waals surface area contributed by atoms with Gasteiger partial charge in [-0.05, 0) is 36.2 Å². The number of para-hydroxylation sites is 2. The number of rotatable bonds is 4. The molecule has 2 heterocycles. The quantitative estimate of drug-likeness (QED) is 0.758. The van der Waals surface area contributed by atoms with E-state index in [1.807, 2.05) is 44.2 Å². The van der Waals surface area contributed by atoms with Crippen molar-refractivity contribution in [3.63, 3.8) is 0 Å². The van der Waals surface area contributed by atoms with Crippen molar-refractivity contribution in [2.24, 2.45) is 5.92 Å². The summed E-state index contributed by atoms with van der Waals surface area (Å²) < 4.78 is 11.5. The van der Waals surface area contributed by atoms with Crippen LogP contribution in [0.15, 0.2) is 42.5 Å². The fraction of sp³-hybridized carbons (Fsp3) is 0.333. The Kier molecular flexibility index (Phi) is 4.81. The van der Waals surface area contributed by atoms with Gasteiger partial charge in [0.25, 0.3) is 5.91 Å². The molecule has 2 aromatic carbocycles. The molecule has 7 nitrogen and oxygen atoms in total. The van der Waals surface area contributed by atoms with Gasteiger partial charge in [-0.25, -0.2) is 0 Å². The molecule has 28 heavy (non-hydrogen) atoms. The first kappa shape index (κ1) is 18.2. The number of hydrogen-bond donors (Lipinski definition) is 3. The first-order valence-corrected chi connectivity index (χ1v) is 9.39. The third-order valence-electron chi connectivity index (χ3n) is 4.86. The summed E-state index contributed by atoms with van der Waals surface area (Å²) in [4.78, 5) is 24.7. The predicted octanol–water partition coefficient (Wildman–Crippen LogP) is 2.65. The van der Waals surface area contributed by atoms with E-state index in [4.69, 9.17) is 9.47 Å². The number of carbonyl (C=O) groups is 2. The summed E-state index contributed by atoms with van der Waals surface area (Å²) in [7, 11) is 0. The van der Waals surface area contributed by atoms with Crippen molar-refractivity contribution in [3.05, 3.63) is 48.0 Å². The molecule has 0 radical (unpaired) electrons. The molecule has 0 aliphatic carbocycles. The lowest BCUT2D eigenvalue weighted by Crippen LogP contribution is -2.42. The normalized spacial score (nSPS) is 20.0. The second-order valence-electron chi connectivity index (χ2n) is 7.32. The number of nitrogens with one attached hydrogen (secondary N) is 3. The van der Waals surface area contributed by atoms with Gasteiger partial charge in [-0.15, -0.1) is 0 Å². The molecular weight excluding hydrogens is 358 g/mol. The van der Waals surface area contributed by atoms with E-state index in [1.165, 1.54) is 0 Å². The lowest BCUT2D eigenvalue weighted by Gasteiger charge is -2.29. The zero-order chi connectivity index (χ0) is 19.7. The lowest BCUT2D eigenvalue weighted by molar-refractivity contribution is -0.117. The van der Waals surface area contributed by atoms with Gasteiger partial charge in [-0.1, -0.05) is 26.0 Å². The van der Waals surface area contributed by atoms with Crippen LogP contribution in [0.25, 0.3) is 0 Å². The van der Waals surface area contributed by atoms with Crippen molar-refractivity contribution >= 4 is 23.2 Å². The van der Waals surface area contributed by atoms with Crippen LogP contribution in [-0.4, -0.2) is 37.1 Å². The van der Waals surface area contributed by atoms with Crippen molar-refractivity contribution in [1.82, 2.24) is 5.32 Å². The van der Waals surface area contributed by atoms with Crippen LogP contribution in [-0.2, 0) is 4.79 Å². The Morgan fingerprint density at radius 2 is 1.96 bits per heavy atom. The molecule has 2 aliphatic heterocycles. The van der Waals surface area contributed by atoms with Crippen LogP contribution < -0.4 is 25.4 Å². The van der Waals surface area contributed by atoms with Crippen molar-refractivity contribution in [2.75, 3.05) is 23.8 Å². The van der Waals surface area contributed by atoms with E-state index >= 15 is 0 Å². The van der Waals surface area contributed by atoms with E-state index in [1.54, 1.807) is 12.1 Å². The van der Waals surface area contributed by atoms with Crippen molar-refractivity contribution in [1.29, 1.82) is 0 Å². The maximum Gasteiger partial charge on any atom is 0.251 e. The van der Waals surface area contributed by atoms with Gasteiger partial charge in [-0.2, -0.15) is 0 Å². The van der Waals surface area contributed by atoms with Crippen LogP contribution in [0.5, 0.6) is 11.5 Å². The maximum atomic E-state index is 12.5. The summed E-state index contributed by atoms with van der Waals surface area (Å²) in [6.45, 7) is 4.67. The second kappa shape index (κ2) is 7.42. The number of amides is 2. The monoisotopic (exact) mass is 381 g/mol. The van der Waals surface area contributed by atoms with E-state index < -0.39 is 0 Å². The largest absolute Gasteiger partial charge is 0.486 e. The van der Waals surface area contributed by atoms with E-state index in [-0.39, 0.29) is 29.9 Å². The molecule has 2 unspecified atom stereocenters. The molecule has 7 heteroatoms. The van der Waals surface area contributed by atoms with E-state index in [0.717, 1.165) is 5.69 Å². The Bertz CT molecular complexity index is 912. The number of anilines is 2. The molecule has 2 atom stereocenters. The van der Waals surface area contributed by atoms with E-state index in [9.17, 15) is 9.59 Å². The fourth-order valence-corrected chi connectivity index (χ4v) is 3.30. The molecule has 0 bridgehead atoms. The molecule has 0 saturated carbocycles. The highest BCUT2D eigenvalue weighted by Gasteiger charge is 2.28. The summed E-state index contributed by atoms with van der Waals surface area (Å²) in [5.74, 6) is 1.23. The van der Waals surface area contributed by atoms with Crippen LogP contribution in [0.3, 0.4) is 0 Å². The van der Waals surface area contributed by atoms with Crippen LogP contribution in [0, 0.1) is 5.92 Å². The Morgan fingerprint density at radius 3 is 2.75 bits per heavy atom. The first-order valence-electron chi connectivity index (χ1n) is 9.39. The van der Waals surface area contributed by atoms with Gasteiger partial charge in [0.05, 0.1) is 17.9 Å². The number of ether oxygens (including phenoxy) is 2. The standard InChI is InChI=1S/C21H23N3O4/c1-12(2)19-21(26)24-16-9-13(7-8-15(16)23-19)20(25)22-10-14-11-27-17-5-3-4-6-18(17)28-14/h3-9,12,14,19,23H,10-11H2,1-2H3,(H,22,25)(H,24,26). The van der Waals surface area contributed by atoms with Crippen molar-refractivity contribution in [2.45, 2.75) is 26.0 Å². The Balaban J connectivity index is 1.38. The summed E-state index contributed by atoms with van der Waals surface area (Å²) in [6.07, 6.45) is -0.260. The van der Waals surface area contributed by atoms with Gasteiger partial charge in [0, 0.05) is 5.56 Å². The minimum absolute atomic E-state index is 0.0912. The molecule has 0 aromatic heterocycles. The third-order valence-corrected chi connectivity index (χ3v) is 4.86. The van der Waals surface area contributed by atoms with Gasteiger partial charge in [0.2, 0.25) is 5.91 Å². The third kappa shape index (κ3) is 3.60. The average Bonchev–Trinajstić information content (AvgIpc) is 2.70. The van der Waals surface area contributed by atoms with Crippen LogP contribution in [0.1, 0.15) is 24.2 Å². The Labute approximate surface area is 163 Å². The van der Waals surface area contributed by atoms with Crippen LogP contribution >= 0.6 is 0 Å². The summed E-state index contributed by atoms with van der Waals surface area (Å²) >= 11 is 0. The molecule has 4 rings (SSSR count). The van der Waals surface area contributed by atoms with Gasteiger partial charge in [0.15, 0.2) is 11.5 Å². The Hall–Kier alpha value is -3.22. The predicted molar refractivity (Wildman–Crippen MR) is 106 cm³/mol. The summed E-state index contributed by atoms with van der Waals surface area (Å²) in [5, 5.41) is 8.97. The molecule has 2 amide bonds. The van der Waals surface area contributed by atoms with Crippen molar-refractivity contribution in [3.8, 4) is 11.5 Å². The number of hydrogen-bond acceptors (Lipinski definition) is 5. The molecule has 2 aromatic rings. The number of fused-ring (bicyclic) bond motifs is 2. The van der Waals surface area contributed by atoms with Gasteiger partial charge < -0.3 is 25.4 Å². The van der Waals surface area contributed by atoms with Gasteiger partial charge in [-0.3, -0.25) is 9.59 Å². The average molecular weight is 381 g/mol. The maximum absolute atomic E-state index is 12.5. The minimum atomic E-state index is -0.279. The molecule has 0 fully saturated rings. The molecule has 3 N–H and O–H groups in total. The number of benzene rings is 2. The highest BCUT2D eigenvalue weighted by atomic mass is 16.6. The first-order chi connectivity index (χ1) is 13.5. The van der Waals surface area contributed by atoms with Gasteiger partial charge >= 0.3 is 0 Å². The smallest absolute Gasteiger partial charge is 0.251 e. The van der Waals surface area contributed by atoms with Gasteiger partial charge in [0.1, 0.15) is 18.8 Å². The molecule has 0 spiro atoms. The molecule has 146 valence electrons. The van der Waals surface area contributed by atoms with Crippen molar-refractivity contribution < 1.29 is 19.1 Å². The number of carbonyl (C=O) groups excluding carboxylic acids is 2. The molecule has 0 saturated heterocycles. The summed E-state index contributed by atoms with van der Waals surface area (Å²) in [5.41, 5.74) is 1.90. The Morgan fingerprint density at radius 1 is 1.18 bits per heavy atom. The SMILES string of the molecule is CC(C)C1Nc2ccc(C(=O)NCC3COc4ccccc4O3)cc2NC1=O. The van der Waals surface area contributed by atoms with E-state index in [0.29, 0.717) is 35.9 Å². The second-order valence-corrected chi connectivity index (χ2v) is 7.32. The highest BCUT2D eigenvalue weighted by molar-refractivity contribution is 6.05. The fourth-order valence-electron chi connectivity index (χ4n) is 3.30. The van der Waals surface area contributed by atoms with Crippen LogP contribution in [0.2, 0.25) is 0 Å².